The largest absolute Gasteiger partial charge is 0.497 e. The molecule has 2 N–H and O–H groups in total. The molecule has 0 radical (unpaired) electrons. The molecule has 3 aromatic rings. The van der Waals surface area contributed by atoms with E-state index in [-0.39, 0.29) is 22.4 Å². The van der Waals surface area contributed by atoms with Crippen molar-refractivity contribution in [2.24, 2.45) is 0 Å². The summed E-state index contributed by atoms with van der Waals surface area (Å²) < 4.78 is 35.3. The van der Waals surface area contributed by atoms with Gasteiger partial charge in [-0.25, -0.2) is 13.1 Å². The van der Waals surface area contributed by atoms with Gasteiger partial charge in [-0.1, -0.05) is 6.07 Å². The van der Waals surface area contributed by atoms with E-state index in [2.05, 4.69) is 27.2 Å². The van der Waals surface area contributed by atoms with Gasteiger partial charge >= 0.3 is 0 Å². The second kappa shape index (κ2) is 10.9. The van der Waals surface area contributed by atoms with Gasteiger partial charge in [0, 0.05) is 36.1 Å². The number of fused-ring (bicyclic) bond motifs is 1. The Bertz CT molecular complexity index is 1540. The normalized spacial score (nSPS) is 24.0. The Morgan fingerprint density at radius 1 is 1.05 bits per heavy atom. The molecule has 2 aromatic carbocycles. The molecule has 3 aliphatic rings. The third-order valence-electron chi connectivity index (χ3n) is 9.25. The molecule has 1 saturated carbocycles. The highest BCUT2D eigenvalue weighted by atomic mass is 32.2. The Balaban J connectivity index is 1.15. The molecule has 2 fully saturated rings. The van der Waals surface area contributed by atoms with Crippen molar-refractivity contribution in [1.82, 2.24) is 19.9 Å². The minimum Gasteiger partial charge on any atom is -0.497 e. The van der Waals surface area contributed by atoms with Gasteiger partial charge in [-0.3, -0.25) is 15.1 Å². The molecule has 1 unspecified atom stereocenters. The summed E-state index contributed by atoms with van der Waals surface area (Å²) in [4.78, 5) is 20.0. The molecule has 1 spiro atoms. The smallest absolute Gasteiger partial charge is 0.254 e. The van der Waals surface area contributed by atoms with Crippen LogP contribution in [0.15, 0.2) is 59.8 Å². The van der Waals surface area contributed by atoms with Gasteiger partial charge in [-0.05, 0) is 123 Å². The highest BCUT2D eigenvalue weighted by molar-refractivity contribution is 7.89. The number of sulfonamides is 1. The number of nitrogens with zero attached hydrogens (tertiary/aromatic N) is 2. The standard InChI is InChI=1S/C32H38N4O4S/c1-21-16-27(40-3)17-22(2)30(21)41(38,39)35-29-7-6-25-4-5-26(18-28(25)29)31(37)36-19-32(34-20-36)12-8-23(9-13-32)24-10-14-33-15-11-24/h4-5,10-11,14-18,23,29,34-35H,6-9,12-13,19-20H2,1-3H3. The molecule has 8 nitrogen and oxygen atoms in total. The van der Waals surface area contributed by atoms with Gasteiger partial charge in [0.2, 0.25) is 10.0 Å². The van der Waals surface area contributed by atoms with Crippen LogP contribution in [0, 0.1) is 13.8 Å². The van der Waals surface area contributed by atoms with Crippen LogP contribution < -0.4 is 14.8 Å². The number of hydrogen-bond acceptors (Lipinski definition) is 6. The van der Waals surface area contributed by atoms with Gasteiger partial charge < -0.3 is 9.64 Å². The number of benzene rings is 2. The fourth-order valence-corrected chi connectivity index (χ4v) is 8.80. The van der Waals surface area contributed by atoms with Gasteiger partial charge in [0.15, 0.2) is 0 Å². The zero-order chi connectivity index (χ0) is 28.8. The second-order valence-electron chi connectivity index (χ2n) is 11.9. The van der Waals surface area contributed by atoms with Crippen LogP contribution in [0.3, 0.4) is 0 Å². The fraction of sp³-hybridized carbons (Fsp3) is 0.438. The first kappa shape index (κ1) is 27.9. The zero-order valence-corrected chi connectivity index (χ0v) is 24.8. The maximum absolute atomic E-state index is 13.7. The van der Waals surface area contributed by atoms with E-state index in [0.717, 1.165) is 43.2 Å². The van der Waals surface area contributed by atoms with Crippen LogP contribution in [0.1, 0.15) is 82.2 Å². The number of hydrogen-bond donors (Lipinski definition) is 2. The van der Waals surface area contributed by atoms with Crippen molar-refractivity contribution in [2.45, 2.75) is 74.8 Å². The quantitative estimate of drug-likeness (QED) is 0.440. The first-order valence-electron chi connectivity index (χ1n) is 14.4. The zero-order valence-electron chi connectivity index (χ0n) is 23.9. The Kier molecular flexibility index (Phi) is 7.38. The van der Waals surface area contributed by atoms with Crippen LogP contribution in [0.2, 0.25) is 0 Å². The number of carbonyl (C=O) groups excluding carboxylic acids is 1. The van der Waals surface area contributed by atoms with Crippen molar-refractivity contribution in [3.05, 3.63) is 88.2 Å². The van der Waals surface area contributed by atoms with Gasteiger partial charge in [-0.2, -0.15) is 0 Å². The number of pyridine rings is 1. The molecule has 1 aromatic heterocycles. The summed E-state index contributed by atoms with van der Waals surface area (Å²) >= 11 is 0. The number of amides is 1. The topological polar surface area (TPSA) is 101 Å². The van der Waals surface area contributed by atoms with Crippen LogP contribution in [-0.2, 0) is 16.4 Å². The van der Waals surface area contributed by atoms with Crippen molar-refractivity contribution in [2.75, 3.05) is 20.3 Å². The Hall–Kier alpha value is -3.27. The molecular formula is C32H38N4O4S. The molecule has 9 heteroatoms. The molecule has 2 aliphatic carbocycles. The number of methoxy groups -OCH3 is 1. The summed E-state index contributed by atoms with van der Waals surface area (Å²) in [7, 11) is -2.21. The predicted octanol–water partition coefficient (Wildman–Crippen LogP) is 4.77. The van der Waals surface area contributed by atoms with Crippen molar-refractivity contribution < 1.29 is 17.9 Å². The van der Waals surface area contributed by atoms with Crippen molar-refractivity contribution in [3.8, 4) is 5.75 Å². The van der Waals surface area contributed by atoms with Crippen molar-refractivity contribution in [1.29, 1.82) is 0 Å². The first-order chi connectivity index (χ1) is 19.7. The molecule has 6 rings (SSSR count). The SMILES string of the molecule is COc1cc(C)c(S(=O)(=O)NC2CCc3ccc(C(=O)N4CNC5(CCC(c6ccncc6)CC5)C4)cc32)c(C)c1. The third-order valence-corrected chi connectivity index (χ3v) is 11.0. The molecule has 1 aliphatic heterocycles. The summed E-state index contributed by atoms with van der Waals surface area (Å²) in [6.45, 7) is 4.79. The lowest BCUT2D eigenvalue weighted by molar-refractivity contribution is 0.0777. The lowest BCUT2D eigenvalue weighted by atomic mass is 9.74. The van der Waals surface area contributed by atoms with Crippen molar-refractivity contribution in [3.63, 3.8) is 0 Å². The molecule has 216 valence electrons. The number of carbonyl (C=O) groups is 1. The fourth-order valence-electron chi connectivity index (χ4n) is 7.10. The molecule has 41 heavy (non-hydrogen) atoms. The van der Waals surface area contributed by atoms with Gasteiger partial charge in [0.05, 0.1) is 18.7 Å². The Morgan fingerprint density at radius 3 is 2.44 bits per heavy atom. The number of rotatable bonds is 6. The van der Waals surface area contributed by atoms with E-state index in [1.54, 1.807) is 33.1 Å². The maximum atomic E-state index is 13.7. The molecule has 0 bridgehead atoms. The van der Waals surface area contributed by atoms with E-state index in [4.69, 9.17) is 4.74 Å². The molecular weight excluding hydrogens is 536 g/mol. The Morgan fingerprint density at radius 2 is 1.76 bits per heavy atom. The van der Waals surface area contributed by atoms with Crippen LogP contribution in [-0.4, -0.2) is 50.1 Å². The monoisotopic (exact) mass is 574 g/mol. The maximum Gasteiger partial charge on any atom is 0.254 e. The second-order valence-corrected chi connectivity index (χ2v) is 13.5. The number of aryl methyl sites for hydroxylation is 3. The van der Waals surface area contributed by atoms with Gasteiger partial charge in [0.25, 0.3) is 5.91 Å². The third kappa shape index (κ3) is 5.38. The number of aromatic nitrogens is 1. The lowest BCUT2D eigenvalue weighted by Crippen LogP contribution is -2.45. The van der Waals surface area contributed by atoms with Crippen LogP contribution in [0.25, 0.3) is 0 Å². The highest BCUT2D eigenvalue weighted by Crippen LogP contribution is 2.40. The first-order valence-corrected chi connectivity index (χ1v) is 15.9. The average Bonchev–Trinajstić information content (AvgIpc) is 3.56. The summed E-state index contributed by atoms with van der Waals surface area (Å²) in [6.07, 6.45) is 9.39. The van der Waals surface area contributed by atoms with E-state index in [9.17, 15) is 13.2 Å². The molecule has 1 amide bonds. The van der Waals surface area contributed by atoms with Gasteiger partial charge in [0.1, 0.15) is 5.75 Å². The highest BCUT2D eigenvalue weighted by Gasteiger charge is 2.42. The van der Waals surface area contributed by atoms with Crippen LogP contribution in [0.5, 0.6) is 5.75 Å². The van der Waals surface area contributed by atoms with Crippen molar-refractivity contribution >= 4 is 15.9 Å². The molecule has 1 atom stereocenters. The van der Waals surface area contributed by atoms with E-state index in [0.29, 0.717) is 48.0 Å². The van der Waals surface area contributed by atoms with Gasteiger partial charge in [-0.15, -0.1) is 0 Å². The number of ether oxygens (including phenoxy) is 1. The molecule has 1 saturated heterocycles. The summed E-state index contributed by atoms with van der Waals surface area (Å²) in [5.74, 6) is 1.16. The van der Waals surface area contributed by atoms with E-state index >= 15 is 0 Å². The van der Waals surface area contributed by atoms with Crippen LogP contribution >= 0.6 is 0 Å². The summed E-state index contributed by atoms with van der Waals surface area (Å²) in [6, 6.07) is 13.1. The summed E-state index contributed by atoms with van der Waals surface area (Å²) in [5.41, 5.74) is 5.18. The Labute approximate surface area is 242 Å². The predicted molar refractivity (Wildman–Crippen MR) is 158 cm³/mol. The number of nitrogens with one attached hydrogen (secondary N) is 2. The van der Waals surface area contributed by atoms with Crippen LogP contribution in [0.4, 0.5) is 0 Å². The lowest BCUT2D eigenvalue weighted by Gasteiger charge is -2.37. The van der Waals surface area contributed by atoms with E-state index in [1.165, 1.54) is 5.56 Å². The van der Waals surface area contributed by atoms with E-state index < -0.39 is 10.0 Å². The average molecular weight is 575 g/mol. The minimum absolute atomic E-state index is 0.0104. The minimum atomic E-state index is -3.78. The summed E-state index contributed by atoms with van der Waals surface area (Å²) in [5, 5.41) is 3.67. The molecule has 2 heterocycles. The van der Waals surface area contributed by atoms with E-state index in [1.807, 2.05) is 35.5 Å².